The van der Waals surface area contributed by atoms with Crippen molar-refractivity contribution in [3.8, 4) is 0 Å². The molecule has 1 fully saturated rings. The van der Waals surface area contributed by atoms with Gasteiger partial charge >= 0.3 is 0 Å². The molecule has 2 aliphatic rings. The highest BCUT2D eigenvalue weighted by atomic mass is 16.3. The normalized spacial score (nSPS) is 27.5. The van der Waals surface area contributed by atoms with Crippen LogP contribution in [0.2, 0.25) is 0 Å². The van der Waals surface area contributed by atoms with Gasteiger partial charge in [0.15, 0.2) is 0 Å². The lowest BCUT2D eigenvalue weighted by atomic mass is 9.66. The monoisotopic (exact) mass is 311 g/mol. The quantitative estimate of drug-likeness (QED) is 0.912. The molecule has 0 saturated heterocycles. The average Bonchev–Trinajstić information content (AvgIpc) is 2.99. The van der Waals surface area contributed by atoms with E-state index in [1.54, 1.807) is 10.9 Å². The predicted molar refractivity (Wildman–Crippen MR) is 90.2 cm³/mol. The third-order valence-corrected chi connectivity index (χ3v) is 5.62. The first-order valence-corrected chi connectivity index (χ1v) is 8.70. The van der Waals surface area contributed by atoms with Crippen molar-refractivity contribution < 1.29 is 5.11 Å². The zero-order chi connectivity index (χ0) is 15.8. The Labute approximate surface area is 137 Å². The van der Waals surface area contributed by atoms with E-state index in [2.05, 4.69) is 34.7 Å². The molecule has 122 valence electrons. The number of nitrogens with one attached hydrogen (secondary N) is 1. The van der Waals surface area contributed by atoms with Crippen molar-refractivity contribution in [2.45, 2.75) is 43.7 Å². The highest BCUT2D eigenvalue weighted by molar-refractivity contribution is 5.36. The lowest BCUT2D eigenvalue weighted by molar-refractivity contribution is 0.144. The number of benzene rings is 1. The first-order valence-electron chi connectivity index (χ1n) is 8.70. The Kier molecular flexibility index (Phi) is 3.95. The van der Waals surface area contributed by atoms with E-state index in [1.165, 1.54) is 36.8 Å². The Morgan fingerprint density at radius 2 is 2.22 bits per heavy atom. The van der Waals surface area contributed by atoms with E-state index >= 15 is 0 Å². The van der Waals surface area contributed by atoms with Crippen LogP contribution in [-0.4, -0.2) is 27.5 Å². The minimum atomic E-state index is -0.485. The van der Waals surface area contributed by atoms with Crippen LogP contribution in [0.1, 0.15) is 48.0 Å². The van der Waals surface area contributed by atoms with Crippen LogP contribution in [0.3, 0.4) is 0 Å². The maximum Gasteiger partial charge on any atom is 0.0944 e. The van der Waals surface area contributed by atoms with Gasteiger partial charge in [0.05, 0.1) is 12.3 Å². The fourth-order valence-electron chi connectivity index (χ4n) is 4.52. The van der Waals surface area contributed by atoms with Crippen molar-refractivity contribution in [2.75, 3.05) is 6.54 Å². The molecule has 2 aliphatic carbocycles. The molecule has 1 aromatic carbocycles. The summed E-state index contributed by atoms with van der Waals surface area (Å²) in [5.74, 6) is 1.30. The summed E-state index contributed by atoms with van der Waals surface area (Å²) in [6, 6.07) is 9.41. The summed E-state index contributed by atoms with van der Waals surface area (Å²) < 4.78 is 1.74. The molecule has 1 heterocycles. The van der Waals surface area contributed by atoms with Crippen LogP contribution in [0.25, 0.3) is 0 Å². The van der Waals surface area contributed by atoms with E-state index in [0.29, 0.717) is 24.4 Å². The highest BCUT2D eigenvalue weighted by Gasteiger charge is 2.39. The summed E-state index contributed by atoms with van der Waals surface area (Å²) in [4.78, 5) is 0. The second kappa shape index (κ2) is 6.10. The first kappa shape index (κ1) is 14.9. The largest absolute Gasteiger partial charge is 0.387 e. The Bertz CT molecular complexity index is 681. The maximum atomic E-state index is 10.4. The van der Waals surface area contributed by atoms with Gasteiger partial charge in [-0.2, -0.15) is 5.10 Å². The molecule has 1 saturated carbocycles. The van der Waals surface area contributed by atoms with Crippen molar-refractivity contribution in [3.63, 3.8) is 0 Å². The molecule has 0 aliphatic heterocycles. The third kappa shape index (κ3) is 2.81. The lowest BCUT2D eigenvalue weighted by Gasteiger charge is -2.44. The van der Waals surface area contributed by atoms with Crippen LogP contribution in [-0.2, 0) is 13.5 Å². The molecular formula is C19H25N3O. The predicted octanol–water partition coefficient (Wildman–Crippen LogP) is 2.55. The van der Waals surface area contributed by atoms with Crippen LogP contribution in [0, 0.1) is 5.92 Å². The number of rotatable bonds is 4. The SMILES string of the molecule is Cn1cc(C(O)CNC2C3CCCC2c2ccccc2C3)cn1. The van der Waals surface area contributed by atoms with Crippen molar-refractivity contribution in [1.29, 1.82) is 0 Å². The molecule has 0 radical (unpaired) electrons. The number of nitrogens with zero attached hydrogens (tertiary/aromatic N) is 2. The molecule has 4 rings (SSSR count). The third-order valence-electron chi connectivity index (χ3n) is 5.62. The first-order chi connectivity index (χ1) is 11.2. The molecule has 4 heteroatoms. The Morgan fingerprint density at radius 3 is 3.04 bits per heavy atom. The second-order valence-electron chi connectivity index (χ2n) is 7.10. The summed E-state index contributed by atoms with van der Waals surface area (Å²) in [6.45, 7) is 0.603. The zero-order valence-corrected chi connectivity index (χ0v) is 13.7. The number of aromatic nitrogens is 2. The molecule has 4 unspecified atom stereocenters. The summed E-state index contributed by atoms with van der Waals surface area (Å²) in [7, 11) is 1.88. The van der Waals surface area contributed by atoms with Crippen molar-refractivity contribution in [1.82, 2.24) is 15.1 Å². The molecule has 2 bridgehead atoms. The molecule has 1 aromatic heterocycles. The zero-order valence-electron chi connectivity index (χ0n) is 13.7. The Morgan fingerprint density at radius 1 is 1.35 bits per heavy atom. The standard InChI is InChI=1S/C19H25N3O/c1-22-12-15(10-21-22)18(23)11-20-19-14-6-4-8-17(19)16-7-3-2-5-13(16)9-14/h2-3,5,7,10,12,14,17-20,23H,4,6,8-9,11H2,1H3. The number of hydrogen-bond donors (Lipinski definition) is 2. The number of aliphatic hydroxyl groups is 1. The number of aryl methyl sites for hydroxylation is 1. The molecular weight excluding hydrogens is 286 g/mol. The lowest BCUT2D eigenvalue weighted by Crippen LogP contribution is -2.48. The molecule has 2 N–H and O–H groups in total. The van der Waals surface area contributed by atoms with Gasteiger partial charge in [-0.1, -0.05) is 30.7 Å². The molecule has 4 atom stereocenters. The topological polar surface area (TPSA) is 50.1 Å². The van der Waals surface area contributed by atoms with Crippen LogP contribution in [0.4, 0.5) is 0 Å². The molecule has 23 heavy (non-hydrogen) atoms. The van der Waals surface area contributed by atoms with Gasteiger partial charge in [0.2, 0.25) is 0 Å². The van der Waals surface area contributed by atoms with Crippen LogP contribution in [0.5, 0.6) is 0 Å². The van der Waals surface area contributed by atoms with Crippen molar-refractivity contribution in [2.24, 2.45) is 13.0 Å². The van der Waals surface area contributed by atoms with Crippen molar-refractivity contribution >= 4 is 0 Å². The summed E-state index contributed by atoms with van der Waals surface area (Å²) in [5, 5.41) is 18.2. The van der Waals surface area contributed by atoms with Gasteiger partial charge in [-0.3, -0.25) is 4.68 Å². The van der Waals surface area contributed by atoms with Gasteiger partial charge in [0.25, 0.3) is 0 Å². The van der Waals surface area contributed by atoms with E-state index in [9.17, 15) is 5.11 Å². The molecule has 2 aromatic rings. The van der Waals surface area contributed by atoms with E-state index in [4.69, 9.17) is 0 Å². The minimum absolute atomic E-state index is 0.485. The fraction of sp³-hybridized carbons (Fsp3) is 0.526. The Balaban J connectivity index is 1.49. The summed E-state index contributed by atoms with van der Waals surface area (Å²) >= 11 is 0. The van der Waals surface area contributed by atoms with Gasteiger partial charge in [0.1, 0.15) is 0 Å². The van der Waals surface area contributed by atoms with Crippen LogP contribution < -0.4 is 5.32 Å². The fourth-order valence-corrected chi connectivity index (χ4v) is 4.52. The average molecular weight is 311 g/mol. The van der Waals surface area contributed by atoms with Gasteiger partial charge < -0.3 is 10.4 Å². The molecule has 0 amide bonds. The molecule has 0 spiro atoms. The van der Waals surface area contributed by atoms with E-state index in [0.717, 1.165) is 5.56 Å². The second-order valence-corrected chi connectivity index (χ2v) is 7.10. The van der Waals surface area contributed by atoms with Crippen LogP contribution in [0.15, 0.2) is 36.7 Å². The van der Waals surface area contributed by atoms with Gasteiger partial charge in [-0.25, -0.2) is 0 Å². The number of hydrogen-bond acceptors (Lipinski definition) is 3. The van der Waals surface area contributed by atoms with Gasteiger partial charge in [0, 0.05) is 31.4 Å². The number of aliphatic hydroxyl groups excluding tert-OH is 1. The van der Waals surface area contributed by atoms with E-state index < -0.39 is 6.10 Å². The van der Waals surface area contributed by atoms with Crippen LogP contribution >= 0.6 is 0 Å². The highest BCUT2D eigenvalue weighted by Crippen LogP contribution is 2.44. The smallest absolute Gasteiger partial charge is 0.0944 e. The maximum absolute atomic E-state index is 10.4. The van der Waals surface area contributed by atoms with Gasteiger partial charge in [-0.05, 0) is 42.2 Å². The van der Waals surface area contributed by atoms with E-state index in [-0.39, 0.29) is 0 Å². The number of fused-ring (bicyclic) bond motifs is 4. The van der Waals surface area contributed by atoms with Crippen molar-refractivity contribution in [3.05, 3.63) is 53.3 Å². The summed E-state index contributed by atoms with van der Waals surface area (Å²) in [5.41, 5.74) is 3.95. The summed E-state index contributed by atoms with van der Waals surface area (Å²) in [6.07, 6.45) is 8.22. The Hall–Kier alpha value is -1.65. The van der Waals surface area contributed by atoms with E-state index in [1.807, 2.05) is 13.2 Å². The van der Waals surface area contributed by atoms with Gasteiger partial charge in [-0.15, -0.1) is 0 Å². The minimum Gasteiger partial charge on any atom is -0.387 e. The molecule has 4 nitrogen and oxygen atoms in total.